The van der Waals surface area contributed by atoms with E-state index in [1.165, 1.54) is 16.7 Å². The Morgan fingerprint density at radius 2 is 1.62 bits per heavy atom. The Morgan fingerprint density at radius 1 is 0.971 bits per heavy atom. The first kappa shape index (κ1) is 23.9. The van der Waals surface area contributed by atoms with Gasteiger partial charge >= 0.3 is 5.69 Å². The Balaban J connectivity index is 1.66. The van der Waals surface area contributed by atoms with E-state index in [9.17, 15) is 19.2 Å². The highest BCUT2D eigenvalue weighted by atomic mass is 35.5. The highest BCUT2D eigenvalue weighted by molar-refractivity contribution is 6.33. The van der Waals surface area contributed by atoms with Crippen LogP contribution in [0.3, 0.4) is 0 Å². The number of piperazine rings is 1. The Morgan fingerprint density at radius 3 is 2.29 bits per heavy atom. The number of amides is 2. The number of halogens is 2. The van der Waals surface area contributed by atoms with Crippen LogP contribution in [0.4, 0.5) is 5.69 Å². The minimum atomic E-state index is -0.743. The molecule has 12 heteroatoms. The molecule has 0 bridgehead atoms. The number of rotatable bonds is 5. The number of nitrogens with one attached hydrogen (secondary N) is 1. The van der Waals surface area contributed by atoms with Crippen molar-refractivity contribution in [3.05, 3.63) is 67.5 Å². The van der Waals surface area contributed by atoms with E-state index >= 15 is 0 Å². The number of hydrogen-bond acceptors (Lipinski definition) is 6. The van der Waals surface area contributed by atoms with Crippen LogP contribution in [0.15, 0.2) is 46.0 Å². The van der Waals surface area contributed by atoms with Crippen LogP contribution in [-0.2, 0) is 22.7 Å². The van der Waals surface area contributed by atoms with Crippen LogP contribution in [-0.4, -0.2) is 69.0 Å². The number of carbonyl (C=O) groups is 2. The molecule has 0 atom stereocenters. The Bertz CT molecular complexity index is 1360. The van der Waals surface area contributed by atoms with Crippen molar-refractivity contribution in [2.45, 2.75) is 13.1 Å². The summed E-state index contributed by atoms with van der Waals surface area (Å²) in [5.74, 6) is -0.860. The number of benzene rings is 1. The van der Waals surface area contributed by atoms with Gasteiger partial charge in [-0.1, -0.05) is 35.3 Å². The molecule has 10 nitrogen and oxygen atoms in total. The Labute approximate surface area is 204 Å². The summed E-state index contributed by atoms with van der Waals surface area (Å²) in [7, 11) is 1.97. The first-order valence-corrected chi connectivity index (χ1v) is 11.3. The zero-order valence-corrected chi connectivity index (χ0v) is 19.8. The smallest absolute Gasteiger partial charge is 0.332 e. The van der Waals surface area contributed by atoms with Gasteiger partial charge in [-0.2, -0.15) is 0 Å². The first-order chi connectivity index (χ1) is 16.2. The number of aromatic nitrogens is 3. The fraction of sp³-hybridized carbons (Fsp3) is 0.318. The van der Waals surface area contributed by atoms with Gasteiger partial charge in [0.1, 0.15) is 23.4 Å². The van der Waals surface area contributed by atoms with Crippen LogP contribution >= 0.6 is 23.2 Å². The fourth-order valence-corrected chi connectivity index (χ4v) is 4.30. The summed E-state index contributed by atoms with van der Waals surface area (Å²) in [6.45, 7) is 1.68. The molecule has 2 aromatic heterocycles. The summed E-state index contributed by atoms with van der Waals surface area (Å²) in [4.78, 5) is 59.5. The number of carbonyl (C=O) groups excluding carboxylic acids is 2. The molecule has 1 aliphatic heterocycles. The molecule has 1 saturated heterocycles. The number of nitrogens with zero attached hydrogens (tertiary/aromatic N) is 5. The van der Waals surface area contributed by atoms with E-state index < -0.39 is 23.7 Å². The second-order valence-corrected chi connectivity index (χ2v) is 8.79. The summed E-state index contributed by atoms with van der Waals surface area (Å²) in [5.41, 5.74) is -0.716. The predicted octanol–water partition coefficient (Wildman–Crippen LogP) is 1.28. The molecule has 34 heavy (non-hydrogen) atoms. The maximum absolute atomic E-state index is 13.3. The first-order valence-electron chi connectivity index (χ1n) is 10.5. The third kappa shape index (κ3) is 5.14. The monoisotopic (exact) mass is 504 g/mol. The summed E-state index contributed by atoms with van der Waals surface area (Å²) < 4.78 is 2.06. The Kier molecular flexibility index (Phi) is 7.01. The van der Waals surface area contributed by atoms with Gasteiger partial charge in [0, 0.05) is 31.9 Å². The van der Waals surface area contributed by atoms with Gasteiger partial charge in [0.2, 0.25) is 11.8 Å². The molecule has 2 amide bonds. The second kappa shape index (κ2) is 9.96. The average Bonchev–Trinajstić information content (AvgIpc) is 2.79. The molecule has 1 N–H and O–H groups in total. The van der Waals surface area contributed by atoms with Crippen molar-refractivity contribution < 1.29 is 9.59 Å². The number of hydrogen-bond donors (Lipinski definition) is 1. The highest BCUT2D eigenvalue weighted by Crippen LogP contribution is 2.18. The lowest BCUT2D eigenvalue weighted by Crippen LogP contribution is -2.50. The van der Waals surface area contributed by atoms with E-state index in [4.69, 9.17) is 23.2 Å². The molecule has 1 aromatic carbocycles. The van der Waals surface area contributed by atoms with E-state index in [1.807, 2.05) is 7.05 Å². The summed E-state index contributed by atoms with van der Waals surface area (Å²) in [6.07, 6.45) is 0. The maximum atomic E-state index is 13.3. The van der Waals surface area contributed by atoms with Crippen LogP contribution < -0.4 is 16.6 Å². The molecule has 1 fully saturated rings. The molecule has 3 aromatic rings. The molecular formula is C22H22Cl2N6O4. The standard InChI is InChI=1S/C22H22Cl2N6O4/c1-27-6-8-28(9-7-27)20(32)13-30-21(33)15-4-2-3-5-16(15)29(22(30)34)12-19(31)25-14-10-17(23)26-18(24)11-14/h2-5,10-11H,6-9,12-13H2,1H3,(H,25,26,31). The number of fused-ring (bicyclic) bond motifs is 1. The lowest BCUT2D eigenvalue weighted by atomic mass is 10.2. The van der Waals surface area contributed by atoms with Gasteiger partial charge in [0.25, 0.3) is 5.56 Å². The SMILES string of the molecule is CN1CCN(C(=O)Cn2c(=O)c3ccccc3n(CC(=O)Nc3cc(Cl)nc(Cl)c3)c2=O)CC1. The fourth-order valence-electron chi connectivity index (χ4n) is 3.84. The van der Waals surface area contributed by atoms with E-state index in [0.29, 0.717) is 37.4 Å². The number of para-hydroxylation sites is 1. The molecule has 1 aliphatic rings. The predicted molar refractivity (Wildman–Crippen MR) is 129 cm³/mol. The van der Waals surface area contributed by atoms with Gasteiger partial charge in [0.05, 0.1) is 10.9 Å². The van der Waals surface area contributed by atoms with Crippen molar-refractivity contribution in [2.24, 2.45) is 0 Å². The van der Waals surface area contributed by atoms with Crippen molar-refractivity contribution >= 4 is 51.6 Å². The van der Waals surface area contributed by atoms with Crippen LogP contribution in [0.2, 0.25) is 10.3 Å². The molecular weight excluding hydrogens is 483 g/mol. The quantitative estimate of drug-likeness (QED) is 0.524. The van der Waals surface area contributed by atoms with Gasteiger partial charge in [-0.05, 0) is 31.3 Å². The summed E-state index contributed by atoms with van der Waals surface area (Å²) in [5, 5.41) is 3.05. The minimum absolute atomic E-state index is 0.0985. The third-order valence-corrected chi connectivity index (χ3v) is 6.02. The molecule has 4 rings (SSSR count). The second-order valence-electron chi connectivity index (χ2n) is 8.01. The van der Waals surface area contributed by atoms with Crippen LogP contribution in [0, 0.1) is 0 Å². The molecule has 0 aliphatic carbocycles. The summed E-state index contributed by atoms with van der Waals surface area (Å²) in [6, 6.07) is 9.30. The zero-order chi connectivity index (χ0) is 24.4. The lowest BCUT2D eigenvalue weighted by molar-refractivity contribution is -0.133. The molecule has 0 saturated carbocycles. The van der Waals surface area contributed by atoms with Crippen LogP contribution in [0.1, 0.15) is 0 Å². The number of anilines is 1. The van der Waals surface area contributed by atoms with E-state index in [-0.39, 0.29) is 28.1 Å². The van der Waals surface area contributed by atoms with Gasteiger partial charge in [-0.15, -0.1) is 0 Å². The Hall–Kier alpha value is -3.21. The normalized spacial score (nSPS) is 14.4. The maximum Gasteiger partial charge on any atom is 0.332 e. The largest absolute Gasteiger partial charge is 0.339 e. The van der Waals surface area contributed by atoms with E-state index in [1.54, 1.807) is 29.2 Å². The van der Waals surface area contributed by atoms with E-state index in [2.05, 4.69) is 15.2 Å². The molecule has 0 spiro atoms. The van der Waals surface area contributed by atoms with Gasteiger partial charge in [-0.3, -0.25) is 23.5 Å². The molecule has 178 valence electrons. The minimum Gasteiger partial charge on any atom is -0.339 e. The van der Waals surface area contributed by atoms with Crippen molar-refractivity contribution in [1.82, 2.24) is 23.9 Å². The average molecular weight is 505 g/mol. The summed E-state index contributed by atoms with van der Waals surface area (Å²) >= 11 is 11.8. The highest BCUT2D eigenvalue weighted by Gasteiger charge is 2.22. The van der Waals surface area contributed by atoms with Gasteiger partial charge in [-0.25, -0.2) is 9.78 Å². The van der Waals surface area contributed by atoms with Crippen molar-refractivity contribution in [3.63, 3.8) is 0 Å². The molecule has 0 unspecified atom stereocenters. The molecule has 3 heterocycles. The van der Waals surface area contributed by atoms with Crippen LogP contribution in [0.25, 0.3) is 10.9 Å². The third-order valence-electron chi connectivity index (χ3n) is 5.63. The zero-order valence-electron chi connectivity index (χ0n) is 18.3. The van der Waals surface area contributed by atoms with Crippen LogP contribution in [0.5, 0.6) is 0 Å². The van der Waals surface area contributed by atoms with Crippen molar-refractivity contribution in [1.29, 1.82) is 0 Å². The molecule has 0 radical (unpaired) electrons. The van der Waals surface area contributed by atoms with E-state index in [0.717, 1.165) is 4.57 Å². The topological polar surface area (TPSA) is 110 Å². The van der Waals surface area contributed by atoms with Crippen molar-refractivity contribution in [2.75, 3.05) is 38.5 Å². The number of likely N-dealkylation sites (N-methyl/N-ethyl adjacent to an activating group) is 1. The van der Waals surface area contributed by atoms with Crippen molar-refractivity contribution in [3.8, 4) is 0 Å². The van der Waals surface area contributed by atoms with Gasteiger partial charge in [0.15, 0.2) is 0 Å². The van der Waals surface area contributed by atoms with Gasteiger partial charge < -0.3 is 15.1 Å². The lowest BCUT2D eigenvalue weighted by Gasteiger charge is -2.32. The number of pyridine rings is 1.